The average molecular weight is 489 g/mol. The lowest BCUT2D eigenvalue weighted by atomic mass is 10.1. The van der Waals surface area contributed by atoms with Gasteiger partial charge in [0.15, 0.2) is 0 Å². The van der Waals surface area contributed by atoms with Crippen LogP contribution in [0.4, 0.5) is 0 Å². The predicted molar refractivity (Wildman–Crippen MR) is 126 cm³/mol. The molecule has 158 valence electrons. The Bertz CT molecular complexity index is 1260. The number of thioether (sulfide) groups is 1. The second kappa shape index (κ2) is 9.49. The summed E-state index contributed by atoms with van der Waals surface area (Å²) < 4.78 is 27.8. The summed E-state index contributed by atoms with van der Waals surface area (Å²) in [6, 6.07) is 21.0. The highest BCUT2D eigenvalue weighted by Crippen LogP contribution is 2.39. The van der Waals surface area contributed by atoms with E-state index in [1.165, 1.54) is 0 Å². The molecule has 0 saturated carbocycles. The third-order valence-electron chi connectivity index (χ3n) is 4.72. The zero-order valence-corrected chi connectivity index (χ0v) is 19.4. The quantitative estimate of drug-likeness (QED) is 0.276. The van der Waals surface area contributed by atoms with Gasteiger partial charge in [-0.25, -0.2) is 13.4 Å². The summed E-state index contributed by atoms with van der Waals surface area (Å²) in [4.78, 5) is 5.64. The molecule has 8 heteroatoms. The number of hydrogen-bond acceptors (Lipinski definition) is 4. The standard InChI is InChI=1S/C23H18Cl2N2O2S2/c24-21-11-8-18(14-22(21)25)30-23(15-27-13-12-26-16-27)17-6-9-20(10-7-17)31(28,29)19-4-2-1-3-5-19/h1-14,16,23H,15H2. The summed E-state index contributed by atoms with van der Waals surface area (Å²) >= 11 is 13.9. The Hall–Kier alpha value is -2.25. The smallest absolute Gasteiger partial charge is 0.206 e. The predicted octanol–water partition coefficient (Wildman–Crippen LogP) is 6.56. The van der Waals surface area contributed by atoms with Crippen molar-refractivity contribution in [2.45, 2.75) is 26.5 Å². The third kappa shape index (κ3) is 5.15. The van der Waals surface area contributed by atoms with Crippen LogP contribution in [-0.4, -0.2) is 18.0 Å². The first kappa shape index (κ1) is 22.0. The van der Waals surface area contributed by atoms with Crippen molar-refractivity contribution in [3.63, 3.8) is 0 Å². The Balaban J connectivity index is 1.64. The van der Waals surface area contributed by atoms with Gasteiger partial charge in [0, 0.05) is 23.8 Å². The average Bonchev–Trinajstić information content (AvgIpc) is 3.30. The Labute approximate surface area is 195 Å². The maximum atomic E-state index is 12.9. The molecule has 1 aromatic heterocycles. The number of imidazole rings is 1. The molecule has 0 spiro atoms. The molecule has 0 amide bonds. The molecule has 0 radical (unpaired) electrons. The van der Waals surface area contributed by atoms with Gasteiger partial charge < -0.3 is 4.57 Å². The fourth-order valence-corrected chi connectivity index (χ4v) is 5.95. The molecule has 1 atom stereocenters. The minimum atomic E-state index is -3.55. The highest BCUT2D eigenvalue weighted by molar-refractivity contribution is 7.99. The minimum Gasteiger partial charge on any atom is -0.336 e. The maximum Gasteiger partial charge on any atom is 0.206 e. The van der Waals surface area contributed by atoms with Crippen LogP contribution in [0.15, 0.2) is 106 Å². The van der Waals surface area contributed by atoms with E-state index in [9.17, 15) is 8.42 Å². The van der Waals surface area contributed by atoms with Crippen LogP contribution in [0.1, 0.15) is 10.8 Å². The van der Waals surface area contributed by atoms with Gasteiger partial charge in [-0.2, -0.15) is 0 Å². The lowest BCUT2D eigenvalue weighted by molar-refractivity contribution is 0.596. The van der Waals surface area contributed by atoms with Crippen LogP contribution in [0.5, 0.6) is 0 Å². The molecule has 31 heavy (non-hydrogen) atoms. The number of hydrogen-bond donors (Lipinski definition) is 0. The van der Waals surface area contributed by atoms with Crippen LogP contribution >= 0.6 is 35.0 Å². The summed E-state index contributed by atoms with van der Waals surface area (Å²) in [6.07, 6.45) is 5.39. The first-order valence-electron chi connectivity index (χ1n) is 9.41. The first-order chi connectivity index (χ1) is 14.9. The summed E-state index contributed by atoms with van der Waals surface area (Å²) in [5.41, 5.74) is 0.997. The van der Waals surface area contributed by atoms with Gasteiger partial charge >= 0.3 is 0 Å². The fraction of sp³-hybridized carbons (Fsp3) is 0.0870. The molecule has 0 fully saturated rings. The highest BCUT2D eigenvalue weighted by Gasteiger charge is 2.19. The van der Waals surface area contributed by atoms with Crippen LogP contribution in [0.3, 0.4) is 0 Å². The first-order valence-corrected chi connectivity index (χ1v) is 12.5. The van der Waals surface area contributed by atoms with E-state index >= 15 is 0 Å². The summed E-state index contributed by atoms with van der Waals surface area (Å²) in [5, 5.41) is 1.02. The summed E-state index contributed by atoms with van der Waals surface area (Å²) in [5.74, 6) is 0. The number of halogens is 2. The lowest BCUT2D eigenvalue weighted by Crippen LogP contribution is -2.06. The molecule has 4 rings (SSSR count). The van der Waals surface area contributed by atoms with Gasteiger partial charge in [-0.1, -0.05) is 53.5 Å². The van der Waals surface area contributed by atoms with Gasteiger partial charge in [0.05, 0.1) is 31.4 Å². The van der Waals surface area contributed by atoms with Gasteiger partial charge in [-0.15, -0.1) is 11.8 Å². The number of rotatable bonds is 7. The second-order valence-corrected chi connectivity index (χ2v) is 10.9. The zero-order chi connectivity index (χ0) is 21.8. The molecule has 1 heterocycles. The van der Waals surface area contributed by atoms with Crippen LogP contribution in [0.25, 0.3) is 0 Å². The largest absolute Gasteiger partial charge is 0.336 e. The second-order valence-electron chi connectivity index (χ2n) is 6.83. The van der Waals surface area contributed by atoms with Crippen LogP contribution in [-0.2, 0) is 16.4 Å². The number of nitrogens with zero attached hydrogens (tertiary/aromatic N) is 2. The van der Waals surface area contributed by atoms with Crippen molar-refractivity contribution in [2.75, 3.05) is 0 Å². The van der Waals surface area contributed by atoms with E-state index in [1.54, 1.807) is 72.8 Å². The van der Waals surface area contributed by atoms with E-state index in [0.717, 1.165) is 10.5 Å². The molecule has 0 aliphatic carbocycles. The van der Waals surface area contributed by atoms with Gasteiger partial charge in [0.2, 0.25) is 9.84 Å². The van der Waals surface area contributed by atoms with Gasteiger partial charge in [-0.05, 0) is 48.0 Å². The van der Waals surface area contributed by atoms with E-state index < -0.39 is 9.84 Å². The van der Waals surface area contributed by atoms with Crippen molar-refractivity contribution in [1.82, 2.24) is 9.55 Å². The molecule has 4 nitrogen and oxygen atoms in total. The van der Waals surface area contributed by atoms with E-state index in [-0.39, 0.29) is 15.0 Å². The normalized spacial score (nSPS) is 12.6. The van der Waals surface area contributed by atoms with Crippen LogP contribution in [0, 0.1) is 0 Å². The Morgan fingerprint density at radius 1 is 0.903 bits per heavy atom. The maximum absolute atomic E-state index is 12.9. The molecule has 0 bridgehead atoms. The van der Waals surface area contributed by atoms with Crippen molar-refractivity contribution in [3.8, 4) is 0 Å². The lowest BCUT2D eigenvalue weighted by Gasteiger charge is -2.18. The molecule has 3 aromatic carbocycles. The zero-order valence-electron chi connectivity index (χ0n) is 16.2. The van der Waals surface area contributed by atoms with Crippen molar-refractivity contribution >= 4 is 44.8 Å². The van der Waals surface area contributed by atoms with Gasteiger partial charge in [0.1, 0.15) is 0 Å². The Morgan fingerprint density at radius 3 is 2.26 bits per heavy atom. The number of sulfone groups is 1. The van der Waals surface area contributed by atoms with E-state index in [0.29, 0.717) is 16.6 Å². The van der Waals surface area contributed by atoms with Gasteiger partial charge in [0.25, 0.3) is 0 Å². The molecule has 0 aliphatic rings. The van der Waals surface area contributed by atoms with Crippen LogP contribution < -0.4 is 0 Å². The Morgan fingerprint density at radius 2 is 1.61 bits per heavy atom. The Kier molecular flexibility index (Phi) is 6.72. The third-order valence-corrected chi connectivity index (χ3v) is 8.48. The SMILES string of the molecule is O=S(=O)(c1ccccc1)c1ccc(C(Cn2ccnc2)Sc2ccc(Cl)c(Cl)c2)cc1. The van der Waals surface area contributed by atoms with Crippen molar-refractivity contribution in [3.05, 3.63) is 107 Å². The summed E-state index contributed by atoms with van der Waals surface area (Å²) in [6.45, 7) is 0.662. The molecule has 0 aliphatic heterocycles. The molecule has 0 N–H and O–H groups in total. The van der Waals surface area contributed by atoms with Crippen molar-refractivity contribution < 1.29 is 8.42 Å². The van der Waals surface area contributed by atoms with E-state index in [4.69, 9.17) is 23.2 Å². The van der Waals surface area contributed by atoms with Crippen molar-refractivity contribution in [2.24, 2.45) is 0 Å². The fourth-order valence-electron chi connectivity index (χ4n) is 3.11. The molecular weight excluding hydrogens is 471 g/mol. The molecule has 0 saturated heterocycles. The molecule has 1 unspecified atom stereocenters. The minimum absolute atomic E-state index is 0.0138. The molecular formula is C23H18Cl2N2O2S2. The van der Waals surface area contributed by atoms with Gasteiger partial charge in [-0.3, -0.25) is 0 Å². The topological polar surface area (TPSA) is 52.0 Å². The monoisotopic (exact) mass is 488 g/mol. The van der Waals surface area contributed by atoms with E-state index in [2.05, 4.69) is 4.98 Å². The summed E-state index contributed by atoms with van der Waals surface area (Å²) in [7, 11) is -3.55. The van der Waals surface area contributed by atoms with Crippen LogP contribution in [0.2, 0.25) is 10.0 Å². The van der Waals surface area contributed by atoms with Crippen molar-refractivity contribution in [1.29, 1.82) is 0 Å². The number of benzene rings is 3. The van der Waals surface area contributed by atoms with E-state index in [1.807, 2.05) is 35.0 Å². The number of aromatic nitrogens is 2. The highest BCUT2D eigenvalue weighted by atomic mass is 35.5. The molecule has 4 aromatic rings.